The Kier molecular flexibility index (Phi) is 8.48. The third kappa shape index (κ3) is 5.37. The lowest BCUT2D eigenvalue weighted by molar-refractivity contribution is 0.101. The molecule has 0 aliphatic carbocycles. The van der Waals surface area contributed by atoms with Gasteiger partial charge in [0.2, 0.25) is 17.3 Å². The van der Waals surface area contributed by atoms with Crippen LogP contribution in [0.5, 0.6) is 40.2 Å². The molecule has 12 heteroatoms. The second-order valence-electron chi connectivity index (χ2n) is 8.15. The lowest BCUT2D eigenvalue weighted by Crippen LogP contribution is -2.14. The molecule has 1 N–H and O–H groups in total. The number of aromatic nitrogens is 3. The summed E-state index contributed by atoms with van der Waals surface area (Å²) in [6.45, 7) is 0. The molecule has 4 aromatic rings. The molecule has 210 valence electrons. The van der Waals surface area contributed by atoms with E-state index in [2.05, 4.69) is 15.4 Å². The zero-order valence-corrected chi connectivity index (χ0v) is 23.2. The summed E-state index contributed by atoms with van der Waals surface area (Å²) in [5.41, 5.74) is 1.61. The molecule has 1 aromatic heterocycles. The Hall–Kier alpha value is -5.13. The van der Waals surface area contributed by atoms with Crippen LogP contribution in [0.1, 0.15) is 10.6 Å². The van der Waals surface area contributed by atoms with E-state index < -0.39 is 5.91 Å². The molecule has 0 saturated heterocycles. The van der Waals surface area contributed by atoms with Crippen LogP contribution in [0.15, 0.2) is 48.5 Å². The van der Waals surface area contributed by atoms with Crippen molar-refractivity contribution in [2.24, 2.45) is 0 Å². The number of carbonyl (C=O) groups is 1. The first-order chi connectivity index (χ1) is 19.4. The van der Waals surface area contributed by atoms with Gasteiger partial charge in [0.15, 0.2) is 28.8 Å². The summed E-state index contributed by atoms with van der Waals surface area (Å²) >= 11 is 0. The monoisotopic (exact) mass is 550 g/mol. The molecule has 0 atom stereocenters. The summed E-state index contributed by atoms with van der Waals surface area (Å²) in [6, 6.07) is 13.8. The molecule has 40 heavy (non-hydrogen) atoms. The van der Waals surface area contributed by atoms with Crippen molar-refractivity contribution in [1.29, 1.82) is 0 Å². The number of hydrogen-bond donors (Lipinski definition) is 1. The smallest absolute Gasteiger partial charge is 0.295 e. The summed E-state index contributed by atoms with van der Waals surface area (Å²) in [6.07, 6.45) is 0. The van der Waals surface area contributed by atoms with E-state index in [1.54, 1.807) is 60.3 Å². The van der Waals surface area contributed by atoms with Crippen molar-refractivity contribution in [3.05, 3.63) is 54.4 Å². The Balaban J connectivity index is 1.82. The molecule has 1 heterocycles. The van der Waals surface area contributed by atoms with Crippen molar-refractivity contribution in [2.45, 2.75) is 0 Å². The average molecular weight is 551 g/mol. The SMILES string of the molecule is COc1ccc(-n2nc(C(=O)Nc3cc(OC)c(OC)c(OC)c3)nc2-c2cc(OC)c(OC)c(OC)c2)cc1. The number of methoxy groups -OCH3 is 7. The molecule has 0 bridgehead atoms. The molecule has 12 nitrogen and oxygen atoms in total. The second-order valence-corrected chi connectivity index (χ2v) is 8.15. The minimum absolute atomic E-state index is 0.0895. The van der Waals surface area contributed by atoms with Crippen LogP contribution in [0.3, 0.4) is 0 Å². The number of anilines is 1. The Morgan fingerprint density at radius 2 is 1.18 bits per heavy atom. The normalized spacial score (nSPS) is 10.5. The highest BCUT2D eigenvalue weighted by molar-refractivity contribution is 6.02. The predicted octanol–water partition coefficient (Wildman–Crippen LogP) is 4.25. The van der Waals surface area contributed by atoms with Gasteiger partial charge in [-0.2, -0.15) is 0 Å². The highest BCUT2D eigenvalue weighted by Gasteiger charge is 2.23. The van der Waals surface area contributed by atoms with Crippen molar-refractivity contribution < 1.29 is 38.0 Å². The minimum atomic E-state index is -0.560. The summed E-state index contributed by atoms with van der Waals surface area (Å²) in [4.78, 5) is 18.0. The molecule has 0 aliphatic heterocycles. The maximum Gasteiger partial charge on any atom is 0.295 e. The van der Waals surface area contributed by atoms with E-state index in [0.717, 1.165) is 0 Å². The maximum absolute atomic E-state index is 13.4. The Bertz CT molecular complexity index is 1450. The standard InChI is InChI=1S/C28H30N4O8/c1-34-19-10-8-18(9-11-19)32-27(16-12-20(35-2)24(39-6)21(13-16)36-3)30-26(31-32)28(33)29-17-14-22(37-4)25(40-7)23(15-17)38-5/h8-15H,1-7H3,(H,29,33). The quantitative estimate of drug-likeness (QED) is 0.290. The molecule has 0 fully saturated rings. The molecule has 0 radical (unpaired) electrons. The van der Waals surface area contributed by atoms with Gasteiger partial charge >= 0.3 is 0 Å². The molecule has 4 rings (SSSR count). The fourth-order valence-corrected chi connectivity index (χ4v) is 4.05. The highest BCUT2D eigenvalue weighted by Crippen LogP contribution is 2.42. The summed E-state index contributed by atoms with van der Waals surface area (Å²) < 4.78 is 39.5. The topological polar surface area (TPSA) is 124 Å². The van der Waals surface area contributed by atoms with Crippen molar-refractivity contribution in [1.82, 2.24) is 14.8 Å². The van der Waals surface area contributed by atoms with Crippen LogP contribution in [0.25, 0.3) is 17.1 Å². The van der Waals surface area contributed by atoms with E-state index in [1.807, 2.05) is 0 Å². The third-order valence-electron chi connectivity index (χ3n) is 5.97. The molecular formula is C28H30N4O8. The number of carbonyl (C=O) groups excluding carboxylic acids is 1. The lowest BCUT2D eigenvalue weighted by Gasteiger charge is -2.14. The molecule has 1 amide bonds. The van der Waals surface area contributed by atoms with E-state index in [0.29, 0.717) is 63.0 Å². The van der Waals surface area contributed by atoms with Gasteiger partial charge in [-0.3, -0.25) is 4.79 Å². The first-order valence-electron chi connectivity index (χ1n) is 11.9. The van der Waals surface area contributed by atoms with Crippen molar-refractivity contribution in [3.8, 4) is 57.3 Å². The van der Waals surface area contributed by atoms with Gasteiger partial charge in [0.1, 0.15) is 5.75 Å². The van der Waals surface area contributed by atoms with Gasteiger partial charge in [-0.25, -0.2) is 9.67 Å². The van der Waals surface area contributed by atoms with Gasteiger partial charge in [0.05, 0.1) is 55.5 Å². The van der Waals surface area contributed by atoms with Gasteiger partial charge < -0.3 is 38.5 Å². The summed E-state index contributed by atoms with van der Waals surface area (Å²) in [7, 11) is 10.6. The van der Waals surface area contributed by atoms with Crippen LogP contribution in [0.4, 0.5) is 5.69 Å². The zero-order valence-electron chi connectivity index (χ0n) is 23.2. The number of benzene rings is 3. The molecule has 0 saturated carbocycles. The Morgan fingerprint density at radius 3 is 1.62 bits per heavy atom. The molecule has 0 spiro atoms. The van der Waals surface area contributed by atoms with Crippen LogP contribution in [-0.2, 0) is 0 Å². The van der Waals surface area contributed by atoms with Gasteiger partial charge in [0, 0.05) is 23.4 Å². The highest BCUT2D eigenvalue weighted by atomic mass is 16.5. The number of nitrogens with one attached hydrogen (secondary N) is 1. The molecule has 3 aromatic carbocycles. The number of rotatable bonds is 11. The largest absolute Gasteiger partial charge is 0.497 e. The fraction of sp³-hybridized carbons (Fsp3) is 0.250. The van der Waals surface area contributed by atoms with E-state index >= 15 is 0 Å². The van der Waals surface area contributed by atoms with Crippen molar-refractivity contribution >= 4 is 11.6 Å². The first kappa shape index (κ1) is 27.9. The first-order valence-corrected chi connectivity index (χ1v) is 11.9. The summed E-state index contributed by atoms with van der Waals surface area (Å²) in [5.74, 6) is 2.80. The van der Waals surface area contributed by atoms with Gasteiger partial charge in [-0.15, -0.1) is 5.10 Å². The minimum Gasteiger partial charge on any atom is -0.497 e. The third-order valence-corrected chi connectivity index (χ3v) is 5.97. The lowest BCUT2D eigenvalue weighted by atomic mass is 10.1. The van der Waals surface area contributed by atoms with E-state index in [1.165, 1.54) is 42.7 Å². The predicted molar refractivity (Wildman–Crippen MR) is 147 cm³/mol. The Labute approximate surface area is 231 Å². The van der Waals surface area contributed by atoms with E-state index in [9.17, 15) is 4.79 Å². The number of hydrogen-bond acceptors (Lipinski definition) is 10. The maximum atomic E-state index is 13.4. The number of ether oxygens (including phenoxy) is 7. The van der Waals surface area contributed by atoms with Crippen LogP contribution < -0.4 is 38.5 Å². The number of nitrogens with zero attached hydrogens (tertiary/aromatic N) is 3. The summed E-state index contributed by atoms with van der Waals surface area (Å²) in [5, 5.41) is 7.34. The van der Waals surface area contributed by atoms with E-state index in [-0.39, 0.29) is 5.82 Å². The number of amides is 1. The van der Waals surface area contributed by atoms with Crippen LogP contribution in [0.2, 0.25) is 0 Å². The molecule has 0 unspecified atom stereocenters. The van der Waals surface area contributed by atoms with Gasteiger partial charge in [0.25, 0.3) is 5.91 Å². The molecule has 0 aliphatic rings. The second kappa shape index (κ2) is 12.2. The molecular weight excluding hydrogens is 520 g/mol. The van der Waals surface area contributed by atoms with Gasteiger partial charge in [-0.05, 0) is 36.4 Å². The van der Waals surface area contributed by atoms with Crippen molar-refractivity contribution in [3.63, 3.8) is 0 Å². The van der Waals surface area contributed by atoms with Crippen LogP contribution in [0, 0.1) is 0 Å². The fourth-order valence-electron chi connectivity index (χ4n) is 4.05. The average Bonchev–Trinajstić information content (AvgIpc) is 3.45. The van der Waals surface area contributed by atoms with Crippen LogP contribution >= 0.6 is 0 Å². The Morgan fingerprint density at radius 1 is 0.675 bits per heavy atom. The van der Waals surface area contributed by atoms with E-state index in [4.69, 9.17) is 33.2 Å². The van der Waals surface area contributed by atoms with Crippen LogP contribution in [-0.4, -0.2) is 70.4 Å². The van der Waals surface area contributed by atoms with Gasteiger partial charge in [-0.1, -0.05) is 0 Å². The van der Waals surface area contributed by atoms with Crippen molar-refractivity contribution in [2.75, 3.05) is 55.1 Å². The zero-order chi connectivity index (χ0) is 28.8.